The molecule has 2 N–H and O–H groups in total. The fourth-order valence-corrected chi connectivity index (χ4v) is 2.21. The number of nitrogens with one attached hydrogen (secondary N) is 2. The maximum atomic E-state index is 12.4. The minimum absolute atomic E-state index is 0.0746. The highest BCUT2D eigenvalue weighted by Crippen LogP contribution is 2.13. The van der Waals surface area contributed by atoms with E-state index in [0.29, 0.717) is 32.7 Å². The molecule has 1 unspecified atom stereocenters. The van der Waals surface area contributed by atoms with Gasteiger partial charge in [-0.2, -0.15) is 0 Å². The van der Waals surface area contributed by atoms with Crippen molar-refractivity contribution in [1.82, 2.24) is 20.2 Å². The van der Waals surface area contributed by atoms with Gasteiger partial charge in [0.05, 0.1) is 30.4 Å². The van der Waals surface area contributed by atoms with E-state index in [1.807, 2.05) is 0 Å². The predicted octanol–water partition coefficient (Wildman–Crippen LogP) is 0.0850. The molecule has 0 aromatic carbocycles. The molecule has 6 heteroatoms. The van der Waals surface area contributed by atoms with Crippen LogP contribution in [0.15, 0.2) is 19.0 Å². The van der Waals surface area contributed by atoms with Crippen LogP contribution < -0.4 is 5.32 Å². The third-order valence-corrected chi connectivity index (χ3v) is 3.25. The van der Waals surface area contributed by atoms with Gasteiger partial charge in [0.1, 0.15) is 0 Å². The Morgan fingerprint density at radius 1 is 1.74 bits per heavy atom. The minimum Gasteiger partial charge on any atom is -0.383 e. The van der Waals surface area contributed by atoms with Crippen LogP contribution in [0.3, 0.4) is 0 Å². The Morgan fingerprint density at radius 2 is 2.58 bits per heavy atom. The second kappa shape index (κ2) is 6.49. The van der Waals surface area contributed by atoms with Crippen molar-refractivity contribution in [2.24, 2.45) is 0 Å². The molecule has 19 heavy (non-hydrogen) atoms. The van der Waals surface area contributed by atoms with Crippen LogP contribution in [0.5, 0.6) is 0 Å². The van der Waals surface area contributed by atoms with Crippen molar-refractivity contribution in [3.05, 3.63) is 30.4 Å². The van der Waals surface area contributed by atoms with E-state index in [-0.39, 0.29) is 11.9 Å². The summed E-state index contributed by atoms with van der Waals surface area (Å²) in [6.45, 7) is 5.98. The fraction of sp³-hybridized carbons (Fsp3) is 0.538. The number of nitrogens with zero attached hydrogens (tertiary/aromatic N) is 2. The molecular formula is C13H20N4O2. The Labute approximate surface area is 112 Å². The number of H-pyrrole nitrogens is 1. The molecule has 0 saturated carbocycles. The van der Waals surface area contributed by atoms with Gasteiger partial charge in [0.15, 0.2) is 0 Å². The molecule has 2 rings (SSSR count). The molecule has 6 nitrogen and oxygen atoms in total. The summed E-state index contributed by atoms with van der Waals surface area (Å²) in [7, 11) is 1.63. The van der Waals surface area contributed by atoms with Gasteiger partial charge in [-0.15, -0.1) is 6.58 Å². The normalized spacial score (nSPS) is 17.8. The van der Waals surface area contributed by atoms with Gasteiger partial charge in [0.2, 0.25) is 5.91 Å². The highest BCUT2D eigenvalue weighted by Gasteiger charge is 2.28. The Bertz CT molecular complexity index is 444. The number of hydrogen-bond donors (Lipinski definition) is 2. The van der Waals surface area contributed by atoms with Gasteiger partial charge in [-0.25, -0.2) is 4.98 Å². The van der Waals surface area contributed by atoms with Gasteiger partial charge in [0.25, 0.3) is 0 Å². The first-order valence-corrected chi connectivity index (χ1v) is 6.39. The van der Waals surface area contributed by atoms with Gasteiger partial charge in [-0.1, -0.05) is 6.08 Å². The molecule has 104 valence electrons. The Morgan fingerprint density at radius 3 is 3.32 bits per heavy atom. The van der Waals surface area contributed by atoms with Gasteiger partial charge < -0.3 is 14.6 Å². The highest BCUT2D eigenvalue weighted by atomic mass is 16.5. The summed E-state index contributed by atoms with van der Waals surface area (Å²) < 4.78 is 5.03. The van der Waals surface area contributed by atoms with Gasteiger partial charge >= 0.3 is 0 Å². The lowest BCUT2D eigenvalue weighted by atomic mass is 10.0. The second-order valence-electron chi connectivity index (χ2n) is 4.53. The lowest BCUT2D eigenvalue weighted by molar-refractivity contribution is -0.133. The molecule has 0 fully saturated rings. The van der Waals surface area contributed by atoms with Crippen molar-refractivity contribution in [2.75, 3.05) is 26.8 Å². The molecule has 0 aliphatic carbocycles. The molecule has 0 saturated heterocycles. The third-order valence-electron chi connectivity index (χ3n) is 3.25. The largest absolute Gasteiger partial charge is 0.383 e. The zero-order chi connectivity index (χ0) is 13.7. The van der Waals surface area contributed by atoms with Crippen molar-refractivity contribution in [2.45, 2.75) is 19.0 Å². The van der Waals surface area contributed by atoms with Crippen LogP contribution in [0.25, 0.3) is 0 Å². The molecule has 1 amide bonds. The van der Waals surface area contributed by atoms with E-state index in [1.165, 1.54) is 0 Å². The summed E-state index contributed by atoms with van der Waals surface area (Å²) in [6.07, 6.45) is 4.03. The number of carbonyl (C=O) groups is 1. The average Bonchev–Trinajstić information content (AvgIpc) is 2.90. The molecule has 1 aliphatic rings. The first-order chi connectivity index (χ1) is 9.26. The molecule has 0 radical (unpaired) electrons. The average molecular weight is 264 g/mol. The summed E-state index contributed by atoms with van der Waals surface area (Å²) in [5, 5.41) is 3.24. The van der Waals surface area contributed by atoms with Crippen molar-refractivity contribution >= 4 is 5.91 Å². The van der Waals surface area contributed by atoms with E-state index >= 15 is 0 Å². The maximum Gasteiger partial charge on any atom is 0.240 e. The summed E-state index contributed by atoms with van der Waals surface area (Å²) in [4.78, 5) is 21.5. The van der Waals surface area contributed by atoms with E-state index in [1.54, 1.807) is 24.4 Å². The Kier molecular flexibility index (Phi) is 4.70. The van der Waals surface area contributed by atoms with E-state index in [0.717, 1.165) is 11.4 Å². The minimum atomic E-state index is -0.215. The molecule has 1 atom stereocenters. The fourth-order valence-electron chi connectivity index (χ4n) is 2.21. The van der Waals surface area contributed by atoms with Gasteiger partial charge in [-0.3, -0.25) is 10.1 Å². The summed E-state index contributed by atoms with van der Waals surface area (Å²) >= 11 is 0. The lowest BCUT2D eigenvalue weighted by Gasteiger charge is -2.28. The molecule has 1 aliphatic heterocycles. The zero-order valence-corrected chi connectivity index (χ0v) is 11.2. The quantitative estimate of drug-likeness (QED) is 0.714. The number of imidazole rings is 1. The summed E-state index contributed by atoms with van der Waals surface area (Å²) in [5.74, 6) is 0.0746. The zero-order valence-electron chi connectivity index (χ0n) is 11.2. The predicted molar refractivity (Wildman–Crippen MR) is 71.6 cm³/mol. The Balaban J connectivity index is 1.99. The van der Waals surface area contributed by atoms with E-state index in [9.17, 15) is 4.79 Å². The van der Waals surface area contributed by atoms with Crippen LogP contribution >= 0.6 is 0 Å². The van der Waals surface area contributed by atoms with Crippen molar-refractivity contribution in [3.63, 3.8) is 0 Å². The second-order valence-corrected chi connectivity index (χ2v) is 4.53. The van der Waals surface area contributed by atoms with Gasteiger partial charge in [0, 0.05) is 33.2 Å². The third kappa shape index (κ3) is 3.21. The van der Waals surface area contributed by atoms with Crippen LogP contribution in [-0.4, -0.2) is 53.6 Å². The van der Waals surface area contributed by atoms with Crippen molar-refractivity contribution < 1.29 is 9.53 Å². The smallest absolute Gasteiger partial charge is 0.240 e. The first-order valence-electron chi connectivity index (χ1n) is 6.39. The number of hydrogen-bond acceptors (Lipinski definition) is 4. The van der Waals surface area contributed by atoms with Crippen LogP contribution in [0.1, 0.15) is 11.4 Å². The summed E-state index contributed by atoms with van der Waals surface area (Å²) in [5.41, 5.74) is 2.04. The van der Waals surface area contributed by atoms with Crippen molar-refractivity contribution in [3.8, 4) is 0 Å². The van der Waals surface area contributed by atoms with Crippen LogP contribution in [0.4, 0.5) is 0 Å². The Hall–Kier alpha value is -1.66. The molecule has 2 heterocycles. The number of aromatic nitrogens is 2. The number of fused-ring (bicyclic) bond motifs is 1. The number of rotatable bonds is 6. The monoisotopic (exact) mass is 264 g/mol. The number of amides is 1. The molecule has 1 aromatic heterocycles. The number of aromatic amines is 1. The maximum absolute atomic E-state index is 12.4. The first kappa shape index (κ1) is 13.8. The molecule has 0 bridgehead atoms. The van der Waals surface area contributed by atoms with Crippen molar-refractivity contribution in [1.29, 1.82) is 0 Å². The lowest BCUT2D eigenvalue weighted by Crippen LogP contribution is -2.50. The van der Waals surface area contributed by atoms with Crippen LogP contribution in [-0.2, 0) is 22.5 Å². The van der Waals surface area contributed by atoms with E-state index in [4.69, 9.17) is 4.74 Å². The number of methoxy groups -OCH3 is 1. The van der Waals surface area contributed by atoms with Crippen LogP contribution in [0.2, 0.25) is 0 Å². The molecule has 1 aromatic rings. The van der Waals surface area contributed by atoms with Gasteiger partial charge in [-0.05, 0) is 0 Å². The van der Waals surface area contributed by atoms with E-state index < -0.39 is 0 Å². The molecular weight excluding hydrogens is 244 g/mol. The number of carbonyl (C=O) groups excluding carboxylic acids is 1. The summed E-state index contributed by atoms with van der Waals surface area (Å²) in [6, 6.07) is -0.215. The van der Waals surface area contributed by atoms with Crippen LogP contribution in [0, 0.1) is 0 Å². The number of ether oxygens (including phenoxy) is 1. The topological polar surface area (TPSA) is 70.2 Å². The standard InChI is InChI=1S/C13H20N4O2/c1-3-4-17(5-6-19-2)13(18)11-7-10-12(8-14-11)16-9-15-10/h3,9,11,14H,1,4-8H2,2H3,(H,15,16). The SMILES string of the molecule is C=CCN(CCOC)C(=O)C1Cc2nc[nH]c2CN1. The van der Waals surface area contributed by atoms with E-state index in [2.05, 4.69) is 21.9 Å². The highest BCUT2D eigenvalue weighted by molar-refractivity contribution is 5.82. The molecule has 0 spiro atoms.